The predicted octanol–water partition coefficient (Wildman–Crippen LogP) is 16.7. The molecule has 1 aliphatic heterocycles. The van der Waals surface area contributed by atoms with E-state index in [0.717, 1.165) is 96.3 Å². The average molecular weight is 1140 g/mol. The van der Waals surface area contributed by atoms with Gasteiger partial charge < -0.3 is 45.1 Å². The first-order valence-corrected chi connectivity index (χ1v) is 33.7. The highest BCUT2D eigenvalue weighted by atomic mass is 16.7. The van der Waals surface area contributed by atoms with Crippen LogP contribution in [0, 0.1) is 0 Å². The molecule has 81 heavy (non-hydrogen) atoms. The van der Waals surface area contributed by atoms with E-state index in [2.05, 4.69) is 86.8 Å². The largest absolute Gasteiger partial charge is 0.454 e. The molecule has 0 spiro atoms. The Hall–Kier alpha value is -2.90. The molecule has 0 bridgehead atoms. The number of allylic oxidation sites excluding steroid dienone is 11. The van der Waals surface area contributed by atoms with Crippen molar-refractivity contribution in [3.8, 4) is 0 Å². The van der Waals surface area contributed by atoms with Crippen LogP contribution in [0.5, 0.6) is 0 Å². The molecule has 1 amide bonds. The monoisotopic (exact) mass is 1140 g/mol. The number of hydrogen-bond acceptors (Lipinski definition) is 10. The van der Waals surface area contributed by atoms with Crippen molar-refractivity contribution in [2.45, 2.75) is 346 Å². The van der Waals surface area contributed by atoms with Gasteiger partial charge in [0.2, 0.25) is 5.91 Å². The lowest BCUT2D eigenvalue weighted by Crippen LogP contribution is -2.61. The number of unbranched alkanes of at least 4 members (excludes halogenated alkanes) is 33. The van der Waals surface area contributed by atoms with Crippen LogP contribution in [-0.4, -0.2) is 99.6 Å². The van der Waals surface area contributed by atoms with Gasteiger partial charge in [0.1, 0.15) is 24.4 Å². The second-order valence-electron chi connectivity index (χ2n) is 23.2. The first-order valence-electron chi connectivity index (χ1n) is 33.7. The van der Waals surface area contributed by atoms with E-state index in [1.807, 2.05) is 6.08 Å². The van der Waals surface area contributed by atoms with Gasteiger partial charge in [0.25, 0.3) is 0 Å². The smallest absolute Gasteiger partial charge is 0.306 e. The third-order valence-corrected chi connectivity index (χ3v) is 15.6. The molecule has 11 nitrogen and oxygen atoms in total. The van der Waals surface area contributed by atoms with E-state index >= 15 is 0 Å². The molecule has 8 atom stereocenters. The highest BCUT2D eigenvalue weighted by Gasteiger charge is 2.47. The number of nitrogens with one attached hydrogen (secondary N) is 1. The Labute approximate surface area is 496 Å². The van der Waals surface area contributed by atoms with E-state index < -0.39 is 67.4 Å². The molecule has 1 aliphatic rings. The molecule has 0 aromatic rings. The Morgan fingerprint density at radius 3 is 1.33 bits per heavy atom. The standard InChI is InChI=1S/C70H125NO10/c1-4-7-10-13-16-19-22-24-26-28-29-30-31-32-33-34-36-37-39-42-45-48-51-54-57-63(74)69(78)71-61(62(73)56-53-50-47-44-41-21-18-15-12-9-6-3)60-79-70-68(67(77)66(76)64(59-72)80-70)81-65(75)58-55-52-49-46-43-40-38-35-27-25-23-20-17-14-11-8-5-2/h7,10,16,19,24,26,29-30,32-33,53,56,61-64,66-68,70,72-74,76-77H,4-6,8-9,11-15,17-18,20-23,25,27-28,31,34-52,54-55,57-60H2,1-3H3,(H,71,78)/b10-7-,19-16-,26-24-,30-29-,33-32-,56-53+. The summed E-state index contributed by atoms with van der Waals surface area (Å²) in [5, 5.41) is 57.1. The maximum atomic E-state index is 13.5. The summed E-state index contributed by atoms with van der Waals surface area (Å²) in [4.78, 5) is 26.6. The number of esters is 1. The molecule has 0 aromatic heterocycles. The van der Waals surface area contributed by atoms with Gasteiger partial charge in [-0.15, -0.1) is 0 Å². The zero-order chi connectivity index (χ0) is 58.9. The van der Waals surface area contributed by atoms with Gasteiger partial charge in [-0.1, -0.05) is 293 Å². The van der Waals surface area contributed by atoms with Gasteiger partial charge in [-0.3, -0.25) is 9.59 Å². The van der Waals surface area contributed by atoms with Crippen LogP contribution in [0.1, 0.15) is 297 Å². The summed E-state index contributed by atoms with van der Waals surface area (Å²) in [6.45, 7) is 5.69. The molecule has 0 aliphatic carbocycles. The number of aliphatic hydroxyl groups is 5. The van der Waals surface area contributed by atoms with Crippen LogP contribution in [0.4, 0.5) is 0 Å². The quantitative estimate of drug-likeness (QED) is 0.0195. The van der Waals surface area contributed by atoms with E-state index in [1.165, 1.54) is 154 Å². The van der Waals surface area contributed by atoms with Gasteiger partial charge in [0, 0.05) is 6.42 Å². The number of amides is 1. The number of hydrogen-bond donors (Lipinski definition) is 6. The third kappa shape index (κ3) is 45.2. The summed E-state index contributed by atoms with van der Waals surface area (Å²) < 4.78 is 17.7. The molecule has 1 saturated heterocycles. The van der Waals surface area contributed by atoms with E-state index in [4.69, 9.17) is 14.2 Å². The predicted molar refractivity (Wildman–Crippen MR) is 338 cm³/mol. The topological polar surface area (TPSA) is 175 Å². The first kappa shape index (κ1) is 76.1. The van der Waals surface area contributed by atoms with Crippen molar-refractivity contribution >= 4 is 11.9 Å². The summed E-state index contributed by atoms with van der Waals surface area (Å²) in [5.41, 5.74) is 0. The first-order chi connectivity index (χ1) is 39.7. The number of ether oxygens (including phenoxy) is 3. The maximum Gasteiger partial charge on any atom is 0.306 e. The molecule has 1 fully saturated rings. The zero-order valence-corrected chi connectivity index (χ0v) is 52.1. The minimum atomic E-state index is -1.61. The van der Waals surface area contributed by atoms with Crippen LogP contribution < -0.4 is 5.32 Å². The molecule has 0 radical (unpaired) electrons. The van der Waals surface area contributed by atoms with Crippen molar-refractivity contribution in [2.75, 3.05) is 13.2 Å². The van der Waals surface area contributed by atoms with Crippen molar-refractivity contribution in [3.63, 3.8) is 0 Å². The average Bonchev–Trinajstić information content (AvgIpc) is 3.50. The number of aliphatic hydroxyl groups excluding tert-OH is 5. The van der Waals surface area contributed by atoms with Crippen molar-refractivity contribution in [1.29, 1.82) is 0 Å². The molecule has 8 unspecified atom stereocenters. The molecule has 1 heterocycles. The molecule has 6 N–H and O–H groups in total. The molecule has 1 rings (SSSR count). The van der Waals surface area contributed by atoms with Crippen molar-refractivity contribution < 1.29 is 49.3 Å². The normalized spacial score (nSPS) is 19.1. The van der Waals surface area contributed by atoms with E-state index in [1.54, 1.807) is 6.08 Å². The van der Waals surface area contributed by atoms with E-state index in [9.17, 15) is 35.1 Å². The minimum absolute atomic E-state index is 0.125. The fourth-order valence-corrected chi connectivity index (χ4v) is 10.3. The van der Waals surface area contributed by atoms with Gasteiger partial charge in [-0.2, -0.15) is 0 Å². The van der Waals surface area contributed by atoms with Crippen molar-refractivity contribution in [2.24, 2.45) is 0 Å². The third-order valence-electron chi connectivity index (χ3n) is 15.6. The maximum absolute atomic E-state index is 13.5. The SMILES string of the molecule is CC/C=C\C/C=C\C/C=C\C/C=C\C/C=C\CCCCCCCCCCC(O)C(=O)NC(COC1OC(CO)C(O)C(O)C1OC(=O)CCCCCCCCCCCCCCCCCCC)C(O)/C=C/CCCCCCCCCCC. The zero-order valence-electron chi connectivity index (χ0n) is 52.1. The van der Waals surface area contributed by atoms with Crippen LogP contribution >= 0.6 is 0 Å². The summed E-state index contributed by atoms with van der Waals surface area (Å²) >= 11 is 0. The van der Waals surface area contributed by atoms with Gasteiger partial charge in [-0.05, 0) is 70.6 Å². The Morgan fingerprint density at radius 1 is 0.494 bits per heavy atom. The lowest BCUT2D eigenvalue weighted by atomic mass is 9.99. The Morgan fingerprint density at radius 2 is 0.889 bits per heavy atom. The molecule has 11 heteroatoms. The Kier molecular flexibility index (Phi) is 54.1. The fourth-order valence-electron chi connectivity index (χ4n) is 10.3. The minimum Gasteiger partial charge on any atom is -0.454 e. The molecule has 470 valence electrons. The van der Waals surface area contributed by atoms with E-state index in [-0.39, 0.29) is 19.4 Å². The van der Waals surface area contributed by atoms with Crippen LogP contribution in [0.25, 0.3) is 0 Å². The molecule has 0 aromatic carbocycles. The van der Waals surface area contributed by atoms with Gasteiger partial charge in [0.15, 0.2) is 12.4 Å². The Balaban J connectivity index is 2.60. The summed E-state index contributed by atoms with van der Waals surface area (Å²) in [5.74, 6) is -1.19. The molecular weight excluding hydrogens is 1010 g/mol. The summed E-state index contributed by atoms with van der Waals surface area (Å²) in [6, 6.07) is -1.03. The van der Waals surface area contributed by atoms with Gasteiger partial charge >= 0.3 is 5.97 Å². The summed E-state index contributed by atoms with van der Waals surface area (Å²) in [7, 11) is 0. The van der Waals surface area contributed by atoms with Crippen LogP contribution in [0.2, 0.25) is 0 Å². The lowest BCUT2D eigenvalue weighted by Gasteiger charge is -2.41. The van der Waals surface area contributed by atoms with Crippen LogP contribution in [-0.2, 0) is 23.8 Å². The van der Waals surface area contributed by atoms with Crippen molar-refractivity contribution in [3.05, 3.63) is 72.9 Å². The second-order valence-corrected chi connectivity index (χ2v) is 23.2. The van der Waals surface area contributed by atoms with Crippen LogP contribution in [0.3, 0.4) is 0 Å². The van der Waals surface area contributed by atoms with Crippen molar-refractivity contribution in [1.82, 2.24) is 5.32 Å². The highest BCUT2D eigenvalue weighted by molar-refractivity contribution is 5.80. The summed E-state index contributed by atoms with van der Waals surface area (Å²) in [6.07, 6.45) is 63.7. The fraction of sp³-hybridized carbons (Fsp3) is 0.800. The lowest BCUT2D eigenvalue weighted by molar-refractivity contribution is -0.305. The number of carbonyl (C=O) groups excluding carboxylic acids is 2. The Bertz CT molecular complexity index is 1590. The molecular formula is C70H125NO10. The number of rotatable bonds is 57. The number of carbonyl (C=O) groups is 2. The van der Waals surface area contributed by atoms with Crippen LogP contribution in [0.15, 0.2) is 72.9 Å². The van der Waals surface area contributed by atoms with E-state index in [0.29, 0.717) is 12.8 Å². The highest BCUT2D eigenvalue weighted by Crippen LogP contribution is 2.26. The molecule has 0 saturated carbocycles. The second kappa shape index (κ2) is 57.5. The van der Waals surface area contributed by atoms with Gasteiger partial charge in [-0.25, -0.2) is 0 Å². The van der Waals surface area contributed by atoms with Gasteiger partial charge in [0.05, 0.1) is 25.4 Å².